The minimum absolute atomic E-state index is 0.0261. The van der Waals surface area contributed by atoms with E-state index in [9.17, 15) is 14.7 Å². The summed E-state index contributed by atoms with van der Waals surface area (Å²) in [7, 11) is 1.46. The Morgan fingerprint density at radius 1 is 1.29 bits per heavy atom. The summed E-state index contributed by atoms with van der Waals surface area (Å²) in [6, 6.07) is 4.37. The molecular formula is C18H25NO5. The van der Waals surface area contributed by atoms with Gasteiger partial charge in [0.05, 0.1) is 7.11 Å². The maximum atomic E-state index is 12.0. The van der Waals surface area contributed by atoms with E-state index in [2.05, 4.69) is 19.2 Å². The molecule has 2 rings (SSSR count). The van der Waals surface area contributed by atoms with E-state index in [1.54, 1.807) is 0 Å². The Balaban J connectivity index is 1.88. The van der Waals surface area contributed by atoms with Gasteiger partial charge in [-0.15, -0.1) is 0 Å². The number of esters is 1. The monoisotopic (exact) mass is 335 g/mol. The quantitative estimate of drug-likeness (QED) is 0.808. The fraction of sp³-hybridized carbons (Fsp3) is 0.556. The summed E-state index contributed by atoms with van der Waals surface area (Å²) in [5.41, 5.74) is -0.0261. The summed E-state index contributed by atoms with van der Waals surface area (Å²) >= 11 is 0. The Hall–Kier alpha value is -2.24. The first-order valence-electron chi connectivity index (χ1n) is 8.26. The summed E-state index contributed by atoms with van der Waals surface area (Å²) in [6.07, 6.45) is 3.22. The lowest BCUT2D eigenvalue weighted by Crippen LogP contribution is -2.45. The van der Waals surface area contributed by atoms with Crippen LogP contribution in [0.2, 0.25) is 0 Å². The van der Waals surface area contributed by atoms with Crippen molar-refractivity contribution >= 4 is 11.9 Å². The van der Waals surface area contributed by atoms with Crippen molar-refractivity contribution in [3.63, 3.8) is 0 Å². The number of nitrogens with one attached hydrogen (secondary N) is 1. The van der Waals surface area contributed by atoms with Gasteiger partial charge in [0.25, 0.3) is 5.91 Å². The molecule has 1 fully saturated rings. The zero-order valence-electron chi connectivity index (χ0n) is 14.4. The molecule has 6 nitrogen and oxygen atoms in total. The van der Waals surface area contributed by atoms with E-state index in [0.717, 1.165) is 12.8 Å². The lowest BCUT2D eigenvalue weighted by Gasteiger charge is -2.34. The van der Waals surface area contributed by atoms with Crippen LogP contribution in [0, 0.1) is 11.8 Å². The maximum absolute atomic E-state index is 12.0. The molecular weight excluding hydrogens is 310 g/mol. The highest BCUT2D eigenvalue weighted by molar-refractivity contribution is 5.94. The molecule has 132 valence electrons. The molecule has 0 heterocycles. The van der Waals surface area contributed by atoms with Crippen LogP contribution in [-0.4, -0.2) is 36.7 Å². The van der Waals surface area contributed by atoms with E-state index in [-0.39, 0.29) is 29.9 Å². The van der Waals surface area contributed by atoms with Crippen LogP contribution in [0.25, 0.3) is 0 Å². The molecule has 1 aromatic rings. The van der Waals surface area contributed by atoms with Gasteiger partial charge in [-0.2, -0.15) is 0 Å². The molecule has 1 aromatic carbocycles. The van der Waals surface area contributed by atoms with Gasteiger partial charge in [0.15, 0.2) is 6.61 Å². The number of methoxy groups -OCH3 is 1. The normalized spacial score (nSPS) is 23.4. The third-order valence-electron chi connectivity index (χ3n) is 4.81. The number of carbonyl (C=O) groups excluding carboxylic acids is 2. The van der Waals surface area contributed by atoms with E-state index in [0.29, 0.717) is 17.6 Å². The fourth-order valence-electron chi connectivity index (χ4n) is 3.05. The summed E-state index contributed by atoms with van der Waals surface area (Å²) in [5, 5.41) is 12.7. The molecule has 6 heteroatoms. The number of hydrogen-bond donors (Lipinski definition) is 2. The van der Waals surface area contributed by atoms with Crippen molar-refractivity contribution in [1.82, 2.24) is 5.32 Å². The molecule has 3 atom stereocenters. The second-order valence-electron chi connectivity index (χ2n) is 6.40. The molecule has 1 aliphatic rings. The Labute approximate surface area is 142 Å². The Morgan fingerprint density at radius 3 is 2.75 bits per heavy atom. The molecule has 0 aliphatic heterocycles. The first-order valence-corrected chi connectivity index (χ1v) is 8.26. The summed E-state index contributed by atoms with van der Waals surface area (Å²) in [5.74, 6) is 0.106. The van der Waals surface area contributed by atoms with Gasteiger partial charge in [0.1, 0.15) is 17.1 Å². The van der Waals surface area contributed by atoms with Crippen LogP contribution in [0.4, 0.5) is 0 Å². The maximum Gasteiger partial charge on any atom is 0.342 e. The lowest BCUT2D eigenvalue weighted by atomic mass is 9.78. The second-order valence-corrected chi connectivity index (χ2v) is 6.40. The number of carbonyl (C=O) groups is 2. The van der Waals surface area contributed by atoms with Gasteiger partial charge in [-0.1, -0.05) is 26.7 Å². The number of benzene rings is 1. The van der Waals surface area contributed by atoms with E-state index < -0.39 is 5.97 Å². The van der Waals surface area contributed by atoms with Crippen molar-refractivity contribution in [1.29, 1.82) is 0 Å². The first-order chi connectivity index (χ1) is 11.4. The average molecular weight is 335 g/mol. The first kappa shape index (κ1) is 18.1. The van der Waals surface area contributed by atoms with Gasteiger partial charge in [-0.25, -0.2) is 4.79 Å². The minimum Gasteiger partial charge on any atom is -0.507 e. The fourth-order valence-corrected chi connectivity index (χ4v) is 3.05. The standard InChI is InChI=1S/C18H25NO5/c1-11-5-4-6-15(12(11)2)19-17(21)10-24-18(22)14-9-13(23-3)7-8-16(14)20/h7-9,11-12,15,20H,4-6,10H2,1-3H3,(H,19,21)/t11-,12-,15+/m1/s1. The topological polar surface area (TPSA) is 84.9 Å². The molecule has 1 aliphatic carbocycles. The lowest BCUT2D eigenvalue weighted by molar-refractivity contribution is -0.125. The second kappa shape index (κ2) is 8.04. The SMILES string of the molecule is COc1ccc(O)c(C(=O)OCC(=O)N[C@H]2CCC[C@@H](C)[C@H]2C)c1. The summed E-state index contributed by atoms with van der Waals surface area (Å²) in [4.78, 5) is 24.1. The van der Waals surface area contributed by atoms with Crippen molar-refractivity contribution in [2.75, 3.05) is 13.7 Å². The van der Waals surface area contributed by atoms with Crippen molar-refractivity contribution in [2.45, 2.75) is 39.2 Å². The number of ether oxygens (including phenoxy) is 2. The average Bonchev–Trinajstić information content (AvgIpc) is 2.57. The molecule has 1 saturated carbocycles. The zero-order valence-corrected chi connectivity index (χ0v) is 14.4. The van der Waals surface area contributed by atoms with Crippen LogP contribution in [0.3, 0.4) is 0 Å². The number of rotatable bonds is 5. The Bertz CT molecular complexity index is 601. The highest BCUT2D eigenvalue weighted by Crippen LogP contribution is 2.29. The Morgan fingerprint density at radius 2 is 2.04 bits per heavy atom. The third kappa shape index (κ3) is 4.40. The van der Waals surface area contributed by atoms with Crippen LogP contribution >= 0.6 is 0 Å². The van der Waals surface area contributed by atoms with Crippen molar-refractivity contribution in [3.05, 3.63) is 23.8 Å². The van der Waals surface area contributed by atoms with Gasteiger partial charge < -0.3 is 19.9 Å². The molecule has 0 radical (unpaired) electrons. The van der Waals surface area contributed by atoms with Gasteiger partial charge in [0, 0.05) is 6.04 Å². The predicted molar refractivity (Wildman–Crippen MR) is 89.1 cm³/mol. The van der Waals surface area contributed by atoms with Gasteiger partial charge in [0.2, 0.25) is 0 Å². The van der Waals surface area contributed by atoms with Gasteiger partial charge >= 0.3 is 5.97 Å². The number of phenols is 1. The van der Waals surface area contributed by atoms with E-state index >= 15 is 0 Å². The van der Waals surface area contributed by atoms with Crippen molar-refractivity contribution in [2.24, 2.45) is 11.8 Å². The Kier molecular flexibility index (Phi) is 6.06. The van der Waals surface area contributed by atoms with E-state index in [1.807, 2.05) is 0 Å². The molecule has 0 bridgehead atoms. The third-order valence-corrected chi connectivity index (χ3v) is 4.81. The molecule has 0 aromatic heterocycles. The largest absolute Gasteiger partial charge is 0.507 e. The summed E-state index contributed by atoms with van der Waals surface area (Å²) < 4.78 is 10.0. The molecule has 0 unspecified atom stereocenters. The van der Waals surface area contributed by atoms with Crippen molar-refractivity contribution in [3.8, 4) is 11.5 Å². The summed E-state index contributed by atoms with van der Waals surface area (Å²) in [6.45, 7) is 3.96. The predicted octanol–water partition coefficient (Wildman–Crippen LogP) is 2.50. The number of hydrogen-bond acceptors (Lipinski definition) is 5. The van der Waals surface area contributed by atoms with Crippen LogP contribution in [0.1, 0.15) is 43.5 Å². The zero-order chi connectivity index (χ0) is 17.7. The number of phenolic OH excluding ortho intramolecular Hbond substituents is 1. The number of aromatic hydroxyl groups is 1. The molecule has 0 spiro atoms. The van der Waals surface area contributed by atoms with Crippen LogP contribution in [0.15, 0.2) is 18.2 Å². The van der Waals surface area contributed by atoms with Gasteiger partial charge in [-0.3, -0.25) is 4.79 Å². The molecule has 2 N–H and O–H groups in total. The van der Waals surface area contributed by atoms with Crippen LogP contribution in [-0.2, 0) is 9.53 Å². The number of amides is 1. The van der Waals surface area contributed by atoms with E-state index in [1.165, 1.54) is 31.7 Å². The highest BCUT2D eigenvalue weighted by Gasteiger charge is 2.28. The molecule has 1 amide bonds. The molecule has 0 saturated heterocycles. The highest BCUT2D eigenvalue weighted by atomic mass is 16.5. The van der Waals surface area contributed by atoms with Crippen LogP contribution < -0.4 is 10.1 Å². The van der Waals surface area contributed by atoms with Crippen LogP contribution in [0.5, 0.6) is 11.5 Å². The van der Waals surface area contributed by atoms with Gasteiger partial charge in [-0.05, 0) is 36.5 Å². The molecule has 24 heavy (non-hydrogen) atoms. The minimum atomic E-state index is -0.758. The van der Waals surface area contributed by atoms with Crippen molar-refractivity contribution < 1.29 is 24.2 Å². The van der Waals surface area contributed by atoms with E-state index in [4.69, 9.17) is 9.47 Å². The smallest absolute Gasteiger partial charge is 0.342 e.